The lowest BCUT2D eigenvalue weighted by molar-refractivity contribution is 0.276. The van der Waals surface area contributed by atoms with Crippen LogP contribution in [-0.4, -0.2) is 26.7 Å². The fraction of sp³-hybridized carbons (Fsp3) is 0.154. The highest BCUT2D eigenvalue weighted by Gasteiger charge is 2.14. The summed E-state index contributed by atoms with van der Waals surface area (Å²) in [6, 6.07) is 14.5. The van der Waals surface area contributed by atoms with Gasteiger partial charge in [0, 0.05) is 36.0 Å². The number of rotatable bonds is 8. The Morgan fingerprint density at radius 2 is 1.91 bits per heavy atom. The number of benzene rings is 3. The molecule has 0 atom stereocenters. The summed E-state index contributed by atoms with van der Waals surface area (Å²) in [4.78, 5) is 0. The van der Waals surface area contributed by atoms with Crippen LogP contribution in [0.25, 0.3) is 16.8 Å². The van der Waals surface area contributed by atoms with Crippen LogP contribution in [0.2, 0.25) is 5.02 Å². The topological polar surface area (TPSA) is 63.0 Å². The van der Waals surface area contributed by atoms with Gasteiger partial charge in [0.15, 0.2) is 0 Å². The quantitative estimate of drug-likeness (QED) is 0.307. The smallest absolute Gasteiger partial charge is 0.149 e. The molecule has 3 aromatic carbocycles. The molecule has 0 unspecified atom stereocenters. The zero-order valence-electron chi connectivity index (χ0n) is 18.5. The normalized spacial score (nSPS) is 11.0. The number of hydrogen-bond acceptors (Lipinski definition) is 4. The molecule has 2 N–H and O–H groups in total. The second-order valence-electron chi connectivity index (χ2n) is 7.90. The van der Waals surface area contributed by atoms with E-state index in [1.807, 2.05) is 37.4 Å². The van der Waals surface area contributed by atoms with Crippen molar-refractivity contribution in [3.05, 3.63) is 101 Å². The summed E-state index contributed by atoms with van der Waals surface area (Å²) in [5.74, 6) is -1.33. The van der Waals surface area contributed by atoms with Gasteiger partial charge < -0.3 is 10.4 Å². The molecule has 1 aromatic heterocycles. The maximum atomic E-state index is 14.0. The largest absolute Gasteiger partial charge is 0.396 e. The van der Waals surface area contributed by atoms with Gasteiger partial charge in [0.1, 0.15) is 17.3 Å². The Labute approximate surface area is 201 Å². The summed E-state index contributed by atoms with van der Waals surface area (Å²) in [6.45, 7) is 6.93. The van der Waals surface area contributed by atoms with Crippen LogP contribution in [0.3, 0.4) is 0 Å². The van der Waals surface area contributed by atoms with E-state index in [4.69, 9.17) is 16.7 Å². The van der Waals surface area contributed by atoms with Crippen molar-refractivity contribution in [1.82, 2.24) is 15.0 Å². The molecule has 0 aliphatic heterocycles. The van der Waals surface area contributed by atoms with Crippen LogP contribution >= 0.6 is 11.6 Å². The fourth-order valence-electron chi connectivity index (χ4n) is 3.61. The van der Waals surface area contributed by atoms with E-state index in [1.165, 1.54) is 12.1 Å². The maximum Gasteiger partial charge on any atom is 0.149 e. The third-order valence-corrected chi connectivity index (χ3v) is 5.76. The number of halogens is 3. The predicted molar refractivity (Wildman–Crippen MR) is 131 cm³/mol. The molecule has 34 heavy (non-hydrogen) atoms. The molecule has 174 valence electrons. The lowest BCUT2D eigenvalue weighted by Crippen LogP contribution is -2.00. The van der Waals surface area contributed by atoms with Gasteiger partial charge in [-0.25, -0.2) is 8.78 Å². The molecule has 0 fully saturated rings. The number of aromatic nitrogens is 3. The van der Waals surface area contributed by atoms with E-state index in [1.54, 1.807) is 16.8 Å². The van der Waals surface area contributed by atoms with Crippen LogP contribution in [0.5, 0.6) is 0 Å². The molecule has 5 nitrogen and oxygen atoms in total. The zero-order valence-corrected chi connectivity index (χ0v) is 19.3. The van der Waals surface area contributed by atoms with Gasteiger partial charge in [-0.1, -0.05) is 41.6 Å². The number of nitrogens with zero attached hydrogens (tertiary/aromatic N) is 3. The van der Waals surface area contributed by atoms with Gasteiger partial charge >= 0.3 is 0 Å². The fourth-order valence-corrected chi connectivity index (χ4v) is 3.90. The number of aliphatic hydroxyl groups excluding tert-OH is 1. The van der Waals surface area contributed by atoms with E-state index in [9.17, 15) is 8.78 Å². The molecule has 0 amide bonds. The molecule has 4 aromatic rings. The second-order valence-corrected chi connectivity index (χ2v) is 8.30. The molecule has 0 saturated carbocycles. The van der Waals surface area contributed by atoms with Crippen molar-refractivity contribution in [2.45, 2.75) is 19.9 Å². The van der Waals surface area contributed by atoms with Gasteiger partial charge in [0.2, 0.25) is 0 Å². The summed E-state index contributed by atoms with van der Waals surface area (Å²) < 4.78 is 28.8. The number of nitrogens with one attached hydrogen (secondary N) is 1. The minimum Gasteiger partial charge on any atom is -0.396 e. The lowest BCUT2D eigenvalue weighted by atomic mass is 9.93. The standard InChI is InChI=1S/C26H23ClF2N4O/c1-16-4-5-18(26-15-33(32-31-26)10-3-11-34)12-22(16)17(2)21-8-7-20(14-23(21)27)30-25-9-6-19(28)13-24(25)29/h4-9,12-15,30,34H,2-3,10-11H2,1H3. The summed E-state index contributed by atoms with van der Waals surface area (Å²) in [5, 5.41) is 20.7. The Kier molecular flexibility index (Phi) is 7.05. The molecule has 0 radical (unpaired) electrons. The van der Waals surface area contributed by atoms with E-state index >= 15 is 0 Å². The molecule has 8 heteroatoms. The zero-order chi connectivity index (χ0) is 24.2. The van der Waals surface area contributed by atoms with Crippen molar-refractivity contribution in [2.75, 3.05) is 11.9 Å². The van der Waals surface area contributed by atoms with Crippen molar-refractivity contribution in [2.24, 2.45) is 0 Å². The van der Waals surface area contributed by atoms with E-state index < -0.39 is 11.6 Å². The van der Waals surface area contributed by atoms with Crippen molar-refractivity contribution in [3.8, 4) is 11.3 Å². The van der Waals surface area contributed by atoms with Crippen molar-refractivity contribution >= 4 is 28.5 Å². The Balaban J connectivity index is 1.58. The van der Waals surface area contributed by atoms with Crippen molar-refractivity contribution < 1.29 is 13.9 Å². The van der Waals surface area contributed by atoms with E-state index in [-0.39, 0.29) is 12.3 Å². The first-order valence-corrected chi connectivity index (χ1v) is 11.1. The summed E-state index contributed by atoms with van der Waals surface area (Å²) in [5.41, 5.74) is 5.73. The SMILES string of the molecule is C=C(c1cc(-c2cn(CCCO)nn2)ccc1C)c1ccc(Nc2ccc(F)cc2F)cc1Cl. The highest BCUT2D eigenvalue weighted by molar-refractivity contribution is 6.33. The van der Waals surface area contributed by atoms with E-state index in [2.05, 4.69) is 22.2 Å². The molecule has 0 saturated heterocycles. The van der Waals surface area contributed by atoms with Gasteiger partial charge in [0.25, 0.3) is 0 Å². The monoisotopic (exact) mass is 480 g/mol. The first kappa shape index (κ1) is 23.6. The lowest BCUT2D eigenvalue weighted by Gasteiger charge is -2.14. The highest BCUT2D eigenvalue weighted by atomic mass is 35.5. The summed E-state index contributed by atoms with van der Waals surface area (Å²) >= 11 is 6.57. The Morgan fingerprint density at radius 3 is 2.65 bits per heavy atom. The first-order valence-electron chi connectivity index (χ1n) is 10.7. The number of aryl methyl sites for hydroxylation is 2. The third-order valence-electron chi connectivity index (χ3n) is 5.45. The maximum absolute atomic E-state index is 14.0. The number of anilines is 2. The van der Waals surface area contributed by atoms with Crippen LogP contribution in [0.1, 0.15) is 23.1 Å². The van der Waals surface area contributed by atoms with Crippen LogP contribution < -0.4 is 5.32 Å². The van der Waals surface area contributed by atoms with Gasteiger partial charge in [-0.2, -0.15) is 0 Å². The Bertz CT molecular complexity index is 1350. The molecule has 4 rings (SSSR count). The van der Waals surface area contributed by atoms with Crippen molar-refractivity contribution in [1.29, 1.82) is 0 Å². The number of hydrogen-bond donors (Lipinski definition) is 2. The highest BCUT2D eigenvalue weighted by Crippen LogP contribution is 2.34. The molecule has 0 bridgehead atoms. The Morgan fingerprint density at radius 1 is 1.09 bits per heavy atom. The molecular weight excluding hydrogens is 458 g/mol. The number of aliphatic hydroxyl groups is 1. The van der Waals surface area contributed by atoms with E-state index in [0.717, 1.165) is 39.6 Å². The average Bonchev–Trinajstić information content (AvgIpc) is 3.28. The van der Waals surface area contributed by atoms with E-state index in [0.29, 0.717) is 23.7 Å². The van der Waals surface area contributed by atoms with Gasteiger partial charge in [-0.15, -0.1) is 5.10 Å². The first-order chi connectivity index (χ1) is 16.4. The molecular formula is C26H23ClF2N4O. The predicted octanol–water partition coefficient (Wildman–Crippen LogP) is 6.37. The Hall–Kier alpha value is -3.55. The van der Waals surface area contributed by atoms with Crippen molar-refractivity contribution in [3.63, 3.8) is 0 Å². The summed E-state index contributed by atoms with van der Waals surface area (Å²) in [7, 11) is 0. The third kappa shape index (κ3) is 5.16. The van der Waals surface area contributed by atoms with Gasteiger partial charge in [-0.05, 0) is 60.4 Å². The molecule has 0 aliphatic carbocycles. The van der Waals surface area contributed by atoms with Crippen LogP contribution in [0.4, 0.5) is 20.2 Å². The minimum atomic E-state index is -0.689. The average molecular weight is 481 g/mol. The van der Waals surface area contributed by atoms with Gasteiger partial charge in [-0.3, -0.25) is 4.68 Å². The second kappa shape index (κ2) is 10.2. The molecule has 1 heterocycles. The van der Waals surface area contributed by atoms with Crippen LogP contribution in [0, 0.1) is 18.6 Å². The summed E-state index contributed by atoms with van der Waals surface area (Å²) in [6.07, 6.45) is 2.45. The molecule has 0 spiro atoms. The molecule has 0 aliphatic rings. The van der Waals surface area contributed by atoms with Crippen LogP contribution in [0.15, 0.2) is 67.4 Å². The van der Waals surface area contributed by atoms with Crippen LogP contribution in [-0.2, 0) is 6.54 Å². The minimum absolute atomic E-state index is 0.0948. The van der Waals surface area contributed by atoms with Gasteiger partial charge in [0.05, 0.1) is 16.9 Å².